The molecule has 0 aromatic rings. The summed E-state index contributed by atoms with van der Waals surface area (Å²) in [6.45, 7) is -0.760. The Morgan fingerprint density at radius 2 is 1.43 bits per heavy atom. The summed E-state index contributed by atoms with van der Waals surface area (Å²) < 4.78 is 0. The van der Waals surface area contributed by atoms with Crippen molar-refractivity contribution >= 4 is 6.29 Å². The first-order chi connectivity index (χ1) is 6.54. The average Bonchev–Trinajstić information content (AvgIpc) is 2.27. The molecule has 0 aliphatic rings. The first kappa shape index (κ1) is 15.5. The van der Waals surface area contributed by atoms with Crippen LogP contribution in [-0.4, -0.2) is 62.8 Å². The number of aliphatic hydroxyl groups excluding tert-OH is 5. The van der Waals surface area contributed by atoms with Crippen LogP contribution in [0.15, 0.2) is 0 Å². The molecule has 0 fully saturated rings. The van der Waals surface area contributed by atoms with Gasteiger partial charge in [0.25, 0.3) is 0 Å². The van der Waals surface area contributed by atoms with E-state index in [2.05, 4.69) is 0 Å². The minimum absolute atomic E-state index is 0.0258. The maximum Gasteiger partial charge on any atom is 0.151 e. The van der Waals surface area contributed by atoms with E-state index in [0.29, 0.717) is 0 Å². The molecular weight excluding hydrogens is 200 g/mol. The molecule has 0 saturated carbocycles. The quantitative estimate of drug-likeness (QED) is 0.297. The molecule has 0 aromatic carbocycles. The summed E-state index contributed by atoms with van der Waals surface area (Å²) >= 11 is 0. The van der Waals surface area contributed by atoms with E-state index < -0.39 is 31.0 Å². The first-order valence-electron chi connectivity index (χ1n) is 3.49. The molecule has 0 radical (unpaired) electrons. The zero-order valence-electron chi connectivity index (χ0n) is 7.05. The van der Waals surface area contributed by atoms with Crippen LogP contribution in [-0.2, 0) is 4.79 Å². The molecule has 4 atom stereocenters. The molecule has 84 valence electrons. The topological polar surface area (TPSA) is 152 Å². The van der Waals surface area contributed by atoms with Crippen molar-refractivity contribution in [3.8, 4) is 0 Å². The minimum Gasteiger partial charge on any atom is -0.394 e. The van der Waals surface area contributed by atoms with Crippen LogP contribution in [0.3, 0.4) is 0 Å². The summed E-state index contributed by atoms with van der Waals surface area (Å²) in [4.78, 5) is 23.9. The third-order valence-corrected chi connectivity index (χ3v) is 1.42. The molecule has 0 aliphatic heterocycles. The third-order valence-electron chi connectivity index (χ3n) is 1.42. The molecule has 0 aliphatic carbocycles. The number of carbonyl (C=O) groups excluding carboxylic acids is 1. The molecule has 0 rings (SSSR count). The van der Waals surface area contributed by atoms with Crippen molar-refractivity contribution in [3.05, 3.63) is 9.93 Å². The van der Waals surface area contributed by atoms with Gasteiger partial charge in [-0.2, -0.15) is 0 Å². The van der Waals surface area contributed by atoms with Crippen LogP contribution in [0.5, 0.6) is 0 Å². The van der Waals surface area contributed by atoms with Crippen LogP contribution in [0.1, 0.15) is 0 Å². The Morgan fingerprint density at radius 1 is 1.00 bits per heavy atom. The Labute approximate surface area is 78.6 Å². The molecule has 0 saturated heterocycles. The summed E-state index contributed by atoms with van der Waals surface area (Å²) in [5, 5.41) is 43.5. The predicted octanol–water partition coefficient (Wildman–Crippen LogP) is -3.31. The zero-order valence-corrected chi connectivity index (χ0v) is 7.05. The lowest BCUT2D eigenvalue weighted by molar-refractivity contribution is -0.136. The zero-order chi connectivity index (χ0) is 11.7. The van der Waals surface area contributed by atoms with Crippen molar-refractivity contribution in [2.45, 2.75) is 24.4 Å². The van der Waals surface area contributed by atoms with Crippen molar-refractivity contribution in [1.29, 1.82) is 0 Å². The van der Waals surface area contributed by atoms with E-state index in [1.807, 2.05) is 0 Å². The number of aliphatic hydroxyl groups is 5. The van der Waals surface area contributed by atoms with Gasteiger partial charge in [-0.15, -0.1) is 0 Å². The highest BCUT2D eigenvalue weighted by Crippen LogP contribution is 2.02. The van der Waals surface area contributed by atoms with Gasteiger partial charge in [0, 0.05) is 9.93 Å². The van der Waals surface area contributed by atoms with E-state index in [1.54, 1.807) is 0 Å². The molecule has 0 amide bonds. The fourth-order valence-electron chi connectivity index (χ4n) is 0.618. The van der Waals surface area contributed by atoms with E-state index in [4.69, 9.17) is 35.5 Å². The maximum atomic E-state index is 9.90. The summed E-state index contributed by atoms with van der Waals surface area (Å²) in [6.07, 6.45) is -6.84. The fourth-order valence-corrected chi connectivity index (χ4v) is 0.618. The third kappa shape index (κ3) is 4.94. The van der Waals surface area contributed by atoms with Gasteiger partial charge in [0.05, 0.1) is 6.61 Å². The van der Waals surface area contributed by atoms with Gasteiger partial charge in [0.15, 0.2) is 6.29 Å². The van der Waals surface area contributed by atoms with Crippen LogP contribution in [0.2, 0.25) is 0 Å². The Hall–Kier alpha value is -0.930. The number of hydrogen-bond donors (Lipinski definition) is 5. The molecular formula is C6H12O8. The van der Waals surface area contributed by atoms with Crippen molar-refractivity contribution in [1.82, 2.24) is 0 Å². The standard InChI is InChI=1S/C6H12O6.O2/c7-1-3(9)5(11)6(12)4(10)2-8;1-2/h1,3-6,8-12H,2H2;/t3-,4+,5+,6+;/m0./s1. The normalized spacial score (nSPS) is 18.4. The van der Waals surface area contributed by atoms with Gasteiger partial charge >= 0.3 is 0 Å². The molecule has 0 spiro atoms. The number of aldehydes is 1. The van der Waals surface area contributed by atoms with Crippen LogP contribution in [0.25, 0.3) is 0 Å². The second-order valence-electron chi connectivity index (χ2n) is 2.36. The summed E-state index contributed by atoms with van der Waals surface area (Å²) in [5.41, 5.74) is 0. The predicted molar refractivity (Wildman–Crippen MR) is 43.9 cm³/mol. The molecule has 0 aromatic heterocycles. The van der Waals surface area contributed by atoms with Crippen LogP contribution < -0.4 is 0 Å². The lowest BCUT2D eigenvalue weighted by Gasteiger charge is -2.22. The smallest absolute Gasteiger partial charge is 0.151 e. The van der Waals surface area contributed by atoms with Gasteiger partial charge in [-0.1, -0.05) is 0 Å². The Bertz CT molecular complexity index is 151. The second kappa shape index (κ2) is 8.66. The summed E-state index contributed by atoms with van der Waals surface area (Å²) in [5.74, 6) is 0. The van der Waals surface area contributed by atoms with Crippen LogP contribution in [0.4, 0.5) is 0 Å². The van der Waals surface area contributed by atoms with Crippen molar-refractivity contribution in [2.24, 2.45) is 0 Å². The monoisotopic (exact) mass is 212 g/mol. The van der Waals surface area contributed by atoms with Crippen molar-refractivity contribution in [2.75, 3.05) is 6.61 Å². The van der Waals surface area contributed by atoms with Crippen molar-refractivity contribution < 1.29 is 30.3 Å². The molecule has 0 unspecified atom stereocenters. The van der Waals surface area contributed by atoms with Gasteiger partial charge < -0.3 is 30.3 Å². The lowest BCUT2D eigenvalue weighted by Crippen LogP contribution is -2.46. The minimum atomic E-state index is -1.79. The van der Waals surface area contributed by atoms with E-state index in [1.165, 1.54) is 0 Å². The molecule has 8 nitrogen and oxygen atoms in total. The summed E-state index contributed by atoms with van der Waals surface area (Å²) in [6, 6.07) is 0. The Morgan fingerprint density at radius 3 is 1.71 bits per heavy atom. The van der Waals surface area contributed by atoms with Gasteiger partial charge in [0.2, 0.25) is 0 Å². The largest absolute Gasteiger partial charge is 0.394 e. The van der Waals surface area contributed by atoms with Gasteiger partial charge in [-0.3, -0.25) is 0 Å². The molecule has 0 bridgehead atoms. The Balaban J connectivity index is 0. The highest BCUT2D eigenvalue weighted by Gasteiger charge is 2.29. The van der Waals surface area contributed by atoms with E-state index >= 15 is 0 Å². The van der Waals surface area contributed by atoms with E-state index in [-0.39, 0.29) is 6.29 Å². The van der Waals surface area contributed by atoms with Gasteiger partial charge in [0.1, 0.15) is 24.4 Å². The fraction of sp³-hybridized carbons (Fsp3) is 0.833. The molecule has 8 heteroatoms. The molecule has 14 heavy (non-hydrogen) atoms. The van der Waals surface area contributed by atoms with Crippen LogP contribution in [0, 0.1) is 9.93 Å². The maximum absolute atomic E-state index is 9.90. The lowest BCUT2D eigenvalue weighted by atomic mass is 10.0. The summed E-state index contributed by atoms with van der Waals surface area (Å²) in [7, 11) is 0. The highest BCUT2D eigenvalue weighted by atomic mass is 16.7. The second-order valence-corrected chi connectivity index (χ2v) is 2.36. The number of carbonyl (C=O) groups is 1. The molecule has 0 heterocycles. The van der Waals surface area contributed by atoms with Crippen molar-refractivity contribution in [3.63, 3.8) is 0 Å². The van der Waals surface area contributed by atoms with Gasteiger partial charge in [-0.25, -0.2) is 0 Å². The number of rotatable bonds is 5. The molecule has 5 N–H and O–H groups in total. The van der Waals surface area contributed by atoms with E-state index in [9.17, 15) is 4.79 Å². The number of hydrogen-bond acceptors (Lipinski definition) is 8. The first-order valence-corrected chi connectivity index (χ1v) is 3.49. The van der Waals surface area contributed by atoms with Gasteiger partial charge in [-0.05, 0) is 0 Å². The SMILES string of the molecule is O=C[C@H](O)[C@@H](O)[C@H](O)[C@H](O)CO.O=O. The Kier molecular flexibility index (Phi) is 9.61. The highest BCUT2D eigenvalue weighted by molar-refractivity contribution is 5.56. The van der Waals surface area contributed by atoms with E-state index in [0.717, 1.165) is 0 Å². The average molecular weight is 212 g/mol. The van der Waals surface area contributed by atoms with Crippen LogP contribution >= 0.6 is 0 Å².